The molecule has 3 aliphatic rings. The van der Waals surface area contributed by atoms with E-state index in [0.29, 0.717) is 0 Å². The predicted molar refractivity (Wildman–Crippen MR) is 108 cm³/mol. The Labute approximate surface area is 185 Å². The fourth-order valence-corrected chi connectivity index (χ4v) is 4.43. The zero-order valence-corrected chi connectivity index (χ0v) is 17.7. The summed E-state index contributed by atoms with van der Waals surface area (Å²) < 4.78 is 22.7. The van der Waals surface area contributed by atoms with Crippen LogP contribution < -0.4 is 28.7 Å². The third-order valence-corrected chi connectivity index (χ3v) is 6.41. The minimum Gasteiger partial charge on any atom is -0.394 e. The van der Waals surface area contributed by atoms with Gasteiger partial charge >= 0.3 is 0 Å². The van der Waals surface area contributed by atoms with Gasteiger partial charge in [-0.05, 0) is 12.8 Å². The second-order valence-electron chi connectivity index (χ2n) is 8.78. The molecule has 0 spiro atoms. The van der Waals surface area contributed by atoms with Crippen molar-refractivity contribution in [2.75, 3.05) is 13.2 Å². The summed E-state index contributed by atoms with van der Waals surface area (Å²) in [6.45, 7) is -0.499. The van der Waals surface area contributed by atoms with E-state index in [4.69, 9.17) is 47.6 Å². The van der Waals surface area contributed by atoms with Crippen molar-refractivity contribution < 1.29 is 44.5 Å². The summed E-state index contributed by atoms with van der Waals surface area (Å²) in [4.78, 5) is 0. The maximum Gasteiger partial charge on any atom is 0.186 e. The van der Waals surface area contributed by atoms with E-state index >= 15 is 0 Å². The van der Waals surface area contributed by atoms with Crippen molar-refractivity contribution >= 4 is 0 Å². The van der Waals surface area contributed by atoms with Crippen molar-refractivity contribution in [3.05, 3.63) is 0 Å². The monoisotopic (exact) mass is 467 g/mol. The van der Waals surface area contributed by atoms with Crippen LogP contribution in [-0.4, -0.2) is 124 Å². The molecule has 2 heterocycles. The first-order chi connectivity index (χ1) is 15.1. The van der Waals surface area contributed by atoms with Crippen molar-refractivity contribution in [3.8, 4) is 0 Å². The van der Waals surface area contributed by atoms with Gasteiger partial charge in [0, 0.05) is 18.6 Å². The summed E-state index contributed by atoms with van der Waals surface area (Å²) in [5.74, 6) is 0. The van der Waals surface area contributed by atoms with Crippen molar-refractivity contribution in [1.29, 1.82) is 0 Å². The summed E-state index contributed by atoms with van der Waals surface area (Å²) >= 11 is 0. The molecule has 1 aliphatic carbocycles. The summed E-state index contributed by atoms with van der Waals surface area (Å²) in [6.07, 6.45) is -10.8. The average molecular weight is 468 g/mol. The molecule has 188 valence electrons. The molecule has 2 saturated heterocycles. The van der Waals surface area contributed by atoms with Gasteiger partial charge in [-0.15, -0.1) is 0 Å². The Morgan fingerprint density at radius 1 is 0.719 bits per heavy atom. The van der Waals surface area contributed by atoms with Crippen LogP contribution in [0.3, 0.4) is 0 Å². The van der Waals surface area contributed by atoms with E-state index in [1.54, 1.807) is 0 Å². The van der Waals surface area contributed by atoms with Crippen LogP contribution in [0, 0.1) is 0 Å². The van der Waals surface area contributed by atoms with Crippen molar-refractivity contribution in [2.45, 2.75) is 98.4 Å². The molecule has 0 aromatic carbocycles. The number of hydrogen-bond donors (Lipinski definition) is 10. The Morgan fingerprint density at radius 2 is 1.28 bits per heavy atom. The van der Waals surface area contributed by atoms with Crippen LogP contribution >= 0.6 is 0 Å². The van der Waals surface area contributed by atoms with Crippen LogP contribution in [0.2, 0.25) is 0 Å². The molecule has 6 unspecified atom stereocenters. The van der Waals surface area contributed by atoms with E-state index < -0.39 is 92.2 Å². The minimum absolute atomic E-state index is 0.0542. The Morgan fingerprint density at radius 3 is 1.84 bits per heavy atom. The van der Waals surface area contributed by atoms with Gasteiger partial charge < -0.3 is 73.1 Å². The molecule has 3 rings (SSSR count). The molecule has 14 heteroatoms. The first-order valence-corrected chi connectivity index (χ1v) is 10.8. The molecule has 0 amide bonds. The summed E-state index contributed by atoms with van der Waals surface area (Å²) in [5.41, 5.74) is 29.8. The highest BCUT2D eigenvalue weighted by atomic mass is 16.7. The average Bonchev–Trinajstić information content (AvgIpc) is 2.75. The number of aliphatic hydroxyl groups is 5. The standard InChI is InChI=1S/C18H37N5O9/c19-3-9-8(25)2-7(22)17(29-9)31-15-5(20)1-6(21)16(14(15)28)32-18-13(27)11(23)12(26)10(4-24)30-18/h5-18,24-28H,1-4,19-23H2/t5?,6-,7?,8+,9?,10-,11?,12+,13?,14+,15-,16?,17-,18+/m1/s1. The Kier molecular flexibility index (Phi) is 8.79. The lowest BCUT2D eigenvalue weighted by molar-refractivity contribution is -0.314. The van der Waals surface area contributed by atoms with E-state index in [0.717, 1.165) is 0 Å². The largest absolute Gasteiger partial charge is 0.394 e. The summed E-state index contributed by atoms with van der Waals surface area (Å²) in [7, 11) is 0. The van der Waals surface area contributed by atoms with Gasteiger partial charge in [0.15, 0.2) is 12.6 Å². The number of nitrogens with two attached hydrogens (primary N) is 5. The Hall–Kier alpha value is -0.560. The van der Waals surface area contributed by atoms with Crippen LogP contribution in [0.25, 0.3) is 0 Å². The van der Waals surface area contributed by atoms with Crippen LogP contribution in [0.4, 0.5) is 0 Å². The summed E-state index contributed by atoms with van der Waals surface area (Å²) in [6, 6.07) is -3.27. The number of hydrogen-bond acceptors (Lipinski definition) is 14. The zero-order valence-electron chi connectivity index (χ0n) is 17.7. The third-order valence-electron chi connectivity index (χ3n) is 6.41. The number of rotatable bonds is 6. The molecule has 0 aromatic rings. The maximum atomic E-state index is 11.0. The SMILES string of the molecule is NCC1O[C@H](O[C@@H]2C(N)C[C@@H](N)C(O[C@@H]3O[C@H](CO)[C@H](O)C(N)C3O)[C@H]2O)C(N)C[C@@H]1O. The first-order valence-electron chi connectivity index (χ1n) is 10.8. The van der Waals surface area contributed by atoms with Gasteiger partial charge in [0.05, 0.1) is 30.9 Å². The highest BCUT2D eigenvalue weighted by Gasteiger charge is 2.50. The van der Waals surface area contributed by atoms with Gasteiger partial charge in [-0.3, -0.25) is 0 Å². The Balaban J connectivity index is 1.70. The van der Waals surface area contributed by atoms with Crippen molar-refractivity contribution in [1.82, 2.24) is 0 Å². The van der Waals surface area contributed by atoms with E-state index in [2.05, 4.69) is 0 Å². The normalized spacial score (nSPS) is 52.7. The molecule has 0 bridgehead atoms. The van der Waals surface area contributed by atoms with Crippen LogP contribution in [0.15, 0.2) is 0 Å². The molecule has 2 aliphatic heterocycles. The zero-order chi connectivity index (χ0) is 23.7. The van der Waals surface area contributed by atoms with Gasteiger partial charge in [-0.1, -0.05) is 0 Å². The number of aliphatic hydroxyl groups excluding tert-OH is 5. The maximum absolute atomic E-state index is 11.0. The molecule has 0 aromatic heterocycles. The predicted octanol–water partition coefficient (Wildman–Crippen LogP) is -6.30. The smallest absolute Gasteiger partial charge is 0.186 e. The molecular formula is C18H37N5O9. The second-order valence-corrected chi connectivity index (χ2v) is 8.78. The van der Waals surface area contributed by atoms with E-state index in [1.807, 2.05) is 0 Å². The van der Waals surface area contributed by atoms with Crippen molar-refractivity contribution in [3.63, 3.8) is 0 Å². The molecule has 14 nitrogen and oxygen atoms in total. The molecule has 15 N–H and O–H groups in total. The van der Waals surface area contributed by atoms with Gasteiger partial charge in [0.25, 0.3) is 0 Å². The van der Waals surface area contributed by atoms with Gasteiger partial charge in [-0.2, -0.15) is 0 Å². The summed E-state index contributed by atoms with van der Waals surface area (Å²) in [5, 5.41) is 50.7. The molecule has 1 saturated carbocycles. The molecule has 32 heavy (non-hydrogen) atoms. The quantitative estimate of drug-likeness (QED) is 0.174. The third kappa shape index (κ3) is 5.24. The second kappa shape index (κ2) is 10.8. The fraction of sp³-hybridized carbons (Fsp3) is 1.00. The lowest BCUT2D eigenvalue weighted by atomic mass is 9.84. The van der Waals surface area contributed by atoms with Crippen molar-refractivity contribution in [2.24, 2.45) is 28.7 Å². The van der Waals surface area contributed by atoms with E-state index in [1.165, 1.54) is 0 Å². The molecular weight excluding hydrogens is 430 g/mol. The minimum atomic E-state index is -1.44. The van der Waals surface area contributed by atoms with Gasteiger partial charge in [0.2, 0.25) is 0 Å². The van der Waals surface area contributed by atoms with Gasteiger partial charge in [-0.25, -0.2) is 0 Å². The van der Waals surface area contributed by atoms with E-state index in [9.17, 15) is 25.5 Å². The highest BCUT2D eigenvalue weighted by molar-refractivity contribution is 5.01. The fourth-order valence-electron chi connectivity index (χ4n) is 4.43. The molecule has 3 fully saturated rings. The van der Waals surface area contributed by atoms with Crippen LogP contribution in [-0.2, 0) is 18.9 Å². The lowest BCUT2D eigenvalue weighted by Gasteiger charge is -2.47. The highest BCUT2D eigenvalue weighted by Crippen LogP contribution is 2.30. The Bertz CT molecular complexity index is 607. The molecule has 14 atom stereocenters. The van der Waals surface area contributed by atoms with Gasteiger partial charge in [0.1, 0.15) is 36.6 Å². The molecule has 0 radical (unpaired) electrons. The van der Waals surface area contributed by atoms with E-state index in [-0.39, 0.29) is 19.4 Å². The first kappa shape index (κ1) is 26.1. The van der Waals surface area contributed by atoms with Crippen LogP contribution in [0.1, 0.15) is 12.8 Å². The topological polar surface area (TPSA) is 268 Å². The number of ether oxygens (including phenoxy) is 4. The van der Waals surface area contributed by atoms with Crippen LogP contribution in [0.5, 0.6) is 0 Å². The lowest BCUT2D eigenvalue weighted by Crippen LogP contribution is -2.68.